The predicted molar refractivity (Wildman–Crippen MR) is 84.8 cm³/mol. The monoisotopic (exact) mass is 272 g/mol. The van der Waals surface area contributed by atoms with Gasteiger partial charge < -0.3 is 5.32 Å². The lowest BCUT2D eigenvalue weighted by Gasteiger charge is -2.48. The van der Waals surface area contributed by atoms with Crippen LogP contribution in [0, 0.1) is 5.92 Å². The van der Waals surface area contributed by atoms with Crippen molar-refractivity contribution in [2.75, 3.05) is 13.1 Å². The van der Waals surface area contributed by atoms with Gasteiger partial charge >= 0.3 is 0 Å². The first kappa shape index (κ1) is 14.1. The second kappa shape index (κ2) is 6.28. The molecule has 1 aromatic carbocycles. The lowest BCUT2D eigenvalue weighted by atomic mass is 9.78. The number of hydrogen-bond donors (Lipinski definition) is 1. The van der Waals surface area contributed by atoms with Crippen molar-refractivity contribution in [2.45, 2.75) is 57.7 Å². The molecule has 110 valence electrons. The van der Waals surface area contributed by atoms with Crippen molar-refractivity contribution in [3.63, 3.8) is 0 Å². The molecule has 3 unspecified atom stereocenters. The minimum absolute atomic E-state index is 0.551. The average Bonchev–Trinajstić information content (AvgIpc) is 2.45. The molecule has 0 spiro atoms. The number of hydrogen-bond acceptors (Lipinski definition) is 2. The van der Waals surface area contributed by atoms with Crippen LogP contribution in [-0.4, -0.2) is 30.1 Å². The molecule has 1 aliphatic heterocycles. The van der Waals surface area contributed by atoms with Gasteiger partial charge in [0.15, 0.2) is 0 Å². The van der Waals surface area contributed by atoms with Gasteiger partial charge in [0.1, 0.15) is 0 Å². The number of benzene rings is 1. The van der Waals surface area contributed by atoms with Crippen LogP contribution in [-0.2, 0) is 0 Å². The maximum absolute atomic E-state index is 3.74. The summed E-state index contributed by atoms with van der Waals surface area (Å²) in [6.07, 6.45) is 5.54. The van der Waals surface area contributed by atoms with Gasteiger partial charge in [-0.2, -0.15) is 0 Å². The van der Waals surface area contributed by atoms with E-state index in [1.165, 1.54) is 37.8 Å². The van der Waals surface area contributed by atoms with E-state index >= 15 is 0 Å². The average molecular weight is 272 g/mol. The Morgan fingerprint density at radius 1 is 1.25 bits per heavy atom. The molecule has 2 aliphatic rings. The SMILES string of the molecule is CCC1CN(C(C)C2CCC2)C(c2ccccc2)CN1. The van der Waals surface area contributed by atoms with Crippen molar-refractivity contribution in [3.8, 4) is 0 Å². The molecular formula is C18H28N2. The van der Waals surface area contributed by atoms with Crippen LogP contribution in [0.4, 0.5) is 0 Å². The molecule has 1 N–H and O–H groups in total. The Kier molecular flexibility index (Phi) is 4.42. The van der Waals surface area contributed by atoms with Crippen LogP contribution in [0.3, 0.4) is 0 Å². The zero-order valence-electron chi connectivity index (χ0n) is 12.9. The number of rotatable bonds is 4. The summed E-state index contributed by atoms with van der Waals surface area (Å²) in [4.78, 5) is 2.78. The lowest BCUT2D eigenvalue weighted by molar-refractivity contribution is 0.0351. The molecule has 1 saturated heterocycles. The molecular weight excluding hydrogens is 244 g/mol. The summed E-state index contributed by atoms with van der Waals surface area (Å²) < 4.78 is 0. The van der Waals surface area contributed by atoms with E-state index in [4.69, 9.17) is 0 Å². The maximum atomic E-state index is 3.74. The van der Waals surface area contributed by atoms with Crippen LogP contribution < -0.4 is 5.32 Å². The molecule has 1 aliphatic carbocycles. The van der Waals surface area contributed by atoms with Crippen LogP contribution >= 0.6 is 0 Å². The standard InChI is InChI=1S/C18H28N2/c1-3-17-13-20(14(2)15-10-7-11-15)18(12-19-17)16-8-5-4-6-9-16/h4-6,8-9,14-15,17-19H,3,7,10-13H2,1-2H3. The van der Waals surface area contributed by atoms with Crippen LogP contribution in [0.25, 0.3) is 0 Å². The molecule has 1 aromatic rings. The quantitative estimate of drug-likeness (QED) is 0.901. The fraction of sp³-hybridized carbons (Fsp3) is 0.667. The highest BCUT2D eigenvalue weighted by Gasteiger charge is 2.36. The van der Waals surface area contributed by atoms with Gasteiger partial charge in [0.25, 0.3) is 0 Å². The Morgan fingerprint density at radius 3 is 2.60 bits per heavy atom. The highest BCUT2D eigenvalue weighted by molar-refractivity contribution is 5.20. The number of piperazine rings is 1. The summed E-state index contributed by atoms with van der Waals surface area (Å²) in [5.41, 5.74) is 1.47. The molecule has 2 heteroatoms. The minimum Gasteiger partial charge on any atom is -0.311 e. The summed E-state index contributed by atoms with van der Waals surface area (Å²) >= 11 is 0. The molecule has 2 fully saturated rings. The predicted octanol–water partition coefficient (Wildman–Crippen LogP) is 3.60. The third-order valence-electron chi connectivity index (χ3n) is 5.46. The Labute approximate surface area is 123 Å². The third-order valence-corrected chi connectivity index (χ3v) is 5.46. The van der Waals surface area contributed by atoms with Gasteiger partial charge in [0.2, 0.25) is 0 Å². The molecule has 0 aromatic heterocycles. The minimum atomic E-state index is 0.551. The molecule has 3 atom stereocenters. The molecule has 0 radical (unpaired) electrons. The molecule has 0 bridgehead atoms. The summed E-state index contributed by atoms with van der Waals surface area (Å²) in [5, 5.41) is 3.74. The largest absolute Gasteiger partial charge is 0.311 e. The van der Waals surface area contributed by atoms with Crippen molar-refractivity contribution in [3.05, 3.63) is 35.9 Å². The van der Waals surface area contributed by atoms with Gasteiger partial charge in [0.05, 0.1) is 0 Å². The van der Waals surface area contributed by atoms with Crippen molar-refractivity contribution < 1.29 is 0 Å². The smallest absolute Gasteiger partial charge is 0.0476 e. The second-order valence-corrected chi connectivity index (χ2v) is 6.57. The fourth-order valence-corrected chi connectivity index (χ4v) is 3.74. The highest BCUT2D eigenvalue weighted by Crippen LogP contribution is 2.36. The van der Waals surface area contributed by atoms with E-state index in [9.17, 15) is 0 Å². The number of nitrogens with one attached hydrogen (secondary N) is 1. The van der Waals surface area contributed by atoms with E-state index < -0.39 is 0 Å². The van der Waals surface area contributed by atoms with Crippen LogP contribution in [0.2, 0.25) is 0 Å². The first-order chi connectivity index (χ1) is 9.79. The van der Waals surface area contributed by atoms with E-state index in [2.05, 4.69) is 54.4 Å². The normalized spacial score (nSPS) is 29.9. The van der Waals surface area contributed by atoms with Crippen LogP contribution in [0.5, 0.6) is 0 Å². The second-order valence-electron chi connectivity index (χ2n) is 6.57. The van der Waals surface area contributed by atoms with Gasteiger partial charge in [0, 0.05) is 31.2 Å². The summed E-state index contributed by atoms with van der Waals surface area (Å²) in [7, 11) is 0. The van der Waals surface area contributed by atoms with Crippen LogP contribution in [0.15, 0.2) is 30.3 Å². The summed E-state index contributed by atoms with van der Waals surface area (Å²) in [6.45, 7) is 7.05. The molecule has 1 heterocycles. The van der Waals surface area contributed by atoms with Gasteiger partial charge in [-0.1, -0.05) is 43.7 Å². The number of nitrogens with zero attached hydrogens (tertiary/aromatic N) is 1. The van der Waals surface area contributed by atoms with Gasteiger partial charge in [-0.05, 0) is 37.7 Å². The molecule has 0 amide bonds. The summed E-state index contributed by atoms with van der Waals surface area (Å²) in [5.74, 6) is 0.928. The van der Waals surface area contributed by atoms with Crippen molar-refractivity contribution >= 4 is 0 Å². The zero-order chi connectivity index (χ0) is 13.9. The Balaban J connectivity index is 1.79. The van der Waals surface area contributed by atoms with Crippen molar-refractivity contribution in [1.29, 1.82) is 0 Å². The van der Waals surface area contributed by atoms with Gasteiger partial charge in [-0.3, -0.25) is 4.90 Å². The molecule has 3 rings (SSSR count). The molecule has 1 saturated carbocycles. The van der Waals surface area contributed by atoms with E-state index in [-0.39, 0.29) is 0 Å². The van der Waals surface area contributed by atoms with Gasteiger partial charge in [-0.25, -0.2) is 0 Å². The van der Waals surface area contributed by atoms with Gasteiger partial charge in [-0.15, -0.1) is 0 Å². The maximum Gasteiger partial charge on any atom is 0.0476 e. The molecule has 2 nitrogen and oxygen atoms in total. The molecule has 20 heavy (non-hydrogen) atoms. The Hall–Kier alpha value is -0.860. The van der Waals surface area contributed by atoms with E-state index in [0.717, 1.165) is 18.5 Å². The van der Waals surface area contributed by atoms with E-state index in [1.807, 2.05) is 0 Å². The summed E-state index contributed by atoms with van der Waals surface area (Å²) in [6, 6.07) is 13.0. The van der Waals surface area contributed by atoms with Crippen LogP contribution in [0.1, 0.15) is 51.1 Å². The van der Waals surface area contributed by atoms with E-state index in [1.54, 1.807) is 0 Å². The lowest BCUT2D eigenvalue weighted by Crippen LogP contribution is -2.56. The first-order valence-corrected chi connectivity index (χ1v) is 8.33. The Bertz CT molecular complexity index is 413. The first-order valence-electron chi connectivity index (χ1n) is 8.33. The van der Waals surface area contributed by atoms with Crippen molar-refractivity contribution in [2.24, 2.45) is 5.92 Å². The zero-order valence-corrected chi connectivity index (χ0v) is 12.9. The highest BCUT2D eigenvalue weighted by atomic mass is 15.3. The Morgan fingerprint density at radius 2 is 2.00 bits per heavy atom. The van der Waals surface area contributed by atoms with E-state index in [0.29, 0.717) is 12.1 Å². The van der Waals surface area contributed by atoms with Crippen molar-refractivity contribution in [1.82, 2.24) is 10.2 Å². The third kappa shape index (κ3) is 2.77. The topological polar surface area (TPSA) is 15.3 Å². The fourth-order valence-electron chi connectivity index (χ4n) is 3.74.